The molecule has 0 saturated carbocycles. The Morgan fingerprint density at radius 2 is 1.73 bits per heavy atom. The zero-order valence-corrected chi connectivity index (χ0v) is 13.5. The molecular formula is C19H13F2N3O2. The minimum absolute atomic E-state index is 0.242. The third-order valence-corrected chi connectivity index (χ3v) is 4.28. The van der Waals surface area contributed by atoms with Crippen LogP contribution < -0.4 is 10.3 Å². The summed E-state index contributed by atoms with van der Waals surface area (Å²) in [6, 6.07) is 11.0. The van der Waals surface area contributed by atoms with Gasteiger partial charge in [0, 0.05) is 24.5 Å². The van der Waals surface area contributed by atoms with Crippen LogP contribution in [0.2, 0.25) is 0 Å². The first kappa shape index (κ1) is 16.1. The quantitative estimate of drug-likeness (QED) is 0.712. The Morgan fingerprint density at radius 3 is 2.50 bits per heavy atom. The van der Waals surface area contributed by atoms with Crippen molar-refractivity contribution in [2.24, 2.45) is 0 Å². The number of nitrogens with zero attached hydrogens (tertiary/aromatic N) is 3. The van der Waals surface area contributed by atoms with Crippen LogP contribution in [0.15, 0.2) is 59.5 Å². The fourth-order valence-electron chi connectivity index (χ4n) is 3.00. The molecule has 4 rings (SSSR count). The molecule has 0 radical (unpaired) electrons. The second-order valence-corrected chi connectivity index (χ2v) is 5.93. The Balaban J connectivity index is 1.72. The van der Waals surface area contributed by atoms with Gasteiger partial charge in [-0.1, -0.05) is 0 Å². The van der Waals surface area contributed by atoms with Crippen molar-refractivity contribution in [2.75, 3.05) is 11.4 Å². The predicted molar refractivity (Wildman–Crippen MR) is 91.6 cm³/mol. The summed E-state index contributed by atoms with van der Waals surface area (Å²) < 4.78 is 27.8. The van der Waals surface area contributed by atoms with Crippen LogP contribution in [0.1, 0.15) is 16.1 Å². The molecule has 130 valence electrons. The number of hydrogen-bond donors (Lipinski definition) is 0. The van der Waals surface area contributed by atoms with Crippen molar-refractivity contribution < 1.29 is 13.6 Å². The Morgan fingerprint density at radius 1 is 1.00 bits per heavy atom. The van der Waals surface area contributed by atoms with Gasteiger partial charge in [-0.05, 0) is 54.4 Å². The van der Waals surface area contributed by atoms with E-state index in [0.717, 1.165) is 0 Å². The maximum absolute atomic E-state index is 13.4. The van der Waals surface area contributed by atoms with Crippen molar-refractivity contribution in [3.05, 3.63) is 87.8 Å². The largest absolute Gasteiger partial charge is 0.306 e. The normalized spacial score (nSPS) is 12.9. The highest BCUT2D eigenvalue weighted by molar-refractivity contribution is 6.05. The van der Waals surface area contributed by atoms with E-state index in [1.165, 1.54) is 64.3 Å². The molecule has 0 spiro atoms. The second kappa shape index (κ2) is 6.18. The summed E-state index contributed by atoms with van der Waals surface area (Å²) in [5, 5.41) is 4.12. The first-order valence-corrected chi connectivity index (χ1v) is 7.99. The van der Waals surface area contributed by atoms with Gasteiger partial charge in [0.1, 0.15) is 11.6 Å². The molecule has 1 aromatic heterocycles. The monoisotopic (exact) mass is 353 g/mol. The number of hydrogen-bond acceptors (Lipinski definition) is 3. The molecule has 0 N–H and O–H groups in total. The smallest absolute Gasteiger partial charge is 0.282 e. The zero-order valence-electron chi connectivity index (χ0n) is 13.5. The summed E-state index contributed by atoms with van der Waals surface area (Å²) in [7, 11) is 0. The number of halogens is 2. The summed E-state index contributed by atoms with van der Waals surface area (Å²) >= 11 is 0. The molecule has 2 heterocycles. The molecule has 0 bridgehead atoms. The molecular weight excluding hydrogens is 340 g/mol. The number of anilines is 1. The molecule has 1 aliphatic rings. The Labute approximate surface area is 147 Å². The number of carbonyl (C=O) groups excluding carboxylic acids is 1. The van der Waals surface area contributed by atoms with Crippen LogP contribution in [0, 0.1) is 11.6 Å². The van der Waals surface area contributed by atoms with Crippen molar-refractivity contribution in [2.45, 2.75) is 6.42 Å². The van der Waals surface area contributed by atoms with Crippen molar-refractivity contribution in [1.29, 1.82) is 0 Å². The van der Waals surface area contributed by atoms with Gasteiger partial charge in [-0.3, -0.25) is 9.59 Å². The minimum Gasteiger partial charge on any atom is -0.306 e. The number of fused-ring (bicyclic) bond motifs is 1. The summed E-state index contributed by atoms with van der Waals surface area (Å²) in [6.45, 7) is 0.351. The van der Waals surface area contributed by atoms with E-state index in [0.29, 0.717) is 29.9 Å². The average Bonchev–Trinajstić information content (AvgIpc) is 3.05. The molecule has 0 unspecified atom stereocenters. The molecule has 1 aliphatic heterocycles. The average molecular weight is 353 g/mol. The van der Waals surface area contributed by atoms with E-state index >= 15 is 0 Å². The lowest BCUT2D eigenvalue weighted by molar-refractivity contribution is 0.0982. The van der Waals surface area contributed by atoms with Crippen LogP contribution in [-0.2, 0) is 6.42 Å². The zero-order chi connectivity index (χ0) is 18.3. The van der Waals surface area contributed by atoms with Crippen molar-refractivity contribution in [3.63, 3.8) is 0 Å². The Bertz CT molecular complexity index is 1060. The molecule has 5 nitrogen and oxygen atoms in total. The summed E-state index contributed by atoms with van der Waals surface area (Å²) in [6.07, 6.45) is 1.93. The highest BCUT2D eigenvalue weighted by Crippen LogP contribution is 2.29. The van der Waals surface area contributed by atoms with Gasteiger partial charge < -0.3 is 4.90 Å². The Kier molecular flexibility index (Phi) is 3.84. The van der Waals surface area contributed by atoms with Gasteiger partial charge in [0.2, 0.25) is 5.43 Å². The Hall–Kier alpha value is -3.35. The van der Waals surface area contributed by atoms with Gasteiger partial charge in [0.25, 0.3) is 5.91 Å². The fourth-order valence-corrected chi connectivity index (χ4v) is 3.00. The molecule has 0 saturated heterocycles. The number of rotatable bonds is 2. The summed E-state index contributed by atoms with van der Waals surface area (Å²) in [5.74, 6) is -1.31. The van der Waals surface area contributed by atoms with Crippen molar-refractivity contribution in [1.82, 2.24) is 9.78 Å². The molecule has 26 heavy (non-hydrogen) atoms. The third-order valence-electron chi connectivity index (χ3n) is 4.28. The van der Waals surface area contributed by atoms with E-state index in [-0.39, 0.29) is 11.5 Å². The molecule has 2 aromatic carbocycles. The van der Waals surface area contributed by atoms with Crippen molar-refractivity contribution >= 4 is 11.6 Å². The van der Waals surface area contributed by atoms with Crippen LogP contribution >= 0.6 is 0 Å². The van der Waals surface area contributed by atoms with E-state index in [1.54, 1.807) is 0 Å². The van der Waals surface area contributed by atoms with Gasteiger partial charge in [0.05, 0.1) is 5.69 Å². The lowest BCUT2D eigenvalue weighted by Gasteiger charge is -2.17. The topological polar surface area (TPSA) is 55.2 Å². The third kappa shape index (κ3) is 2.77. The maximum Gasteiger partial charge on any atom is 0.282 e. The minimum atomic E-state index is -0.545. The van der Waals surface area contributed by atoms with Gasteiger partial charge in [0.15, 0.2) is 5.69 Å². The molecule has 0 aliphatic carbocycles. The first-order valence-electron chi connectivity index (χ1n) is 7.99. The maximum atomic E-state index is 13.4. The number of carbonyl (C=O) groups is 1. The number of amides is 1. The van der Waals surface area contributed by atoms with E-state index in [1.807, 2.05) is 0 Å². The predicted octanol–water partition coefficient (Wildman–Crippen LogP) is 2.71. The SMILES string of the molecule is O=C(c1nn(-c2ccc(F)cc2)ccc1=O)N1CCc2cc(F)ccc21. The fraction of sp³-hybridized carbons (Fsp3) is 0.105. The van der Waals surface area contributed by atoms with Gasteiger partial charge in [-0.2, -0.15) is 5.10 Å². The van der Waals surface area contributed by atoms with Crippen LogP contribution in [0.4, 0.5) is 14.5 Å². The molecule has 0 fully saturated rings. The number of benzene rings is 2. The number of aromatic nitrogens is 2. The standard InChI is InChI=1S/C19H13F2N3O2/c20-13-1-4-15(5-2-13)24-10-8-17(25)18(22-24)19(26)23-9-7-12-11-14(21)3-6-16(12)23/h1-6,8,10-11H,7,9H2. The lowest BCUT2D eigenvalue weighted by Crippen LogP contribution is -2.34. The van der Waals surface area contributed by atoms with Crippen molar-refractivity contribution in [3.8, 4) is 5.69 Å². The van der Waals surface area contributed by atoms with Gasteiger partial charge in [-0.15, -0.1) is 0 Å². The van der Waals surface area contributed by atoms with Crippen LogP contribution in [0.5, 0.6) is 0 Å². The van der Waals surface area contributed by atoms with Crippen LogP contribution in [0.3, 0.4) is 0 Å². The van der Waals surface area contributed by atoms with Crippen LogP contribution in [0.25, 0.3) is 5.69 Å². The van der Waals surface area contributed by atoms with E-state index < -0.39 is 17.2 Å². The van der Waals surface area contributed by atoms with E-state index in [9.17, 15) is 18.4 Å². The summed E-state index contributed by atoms with van der Waals surface area (Å²) in [4.78, 5) is 26.5. The molecule has 7 heteroatoms. The van der Waals surface area contributed by atoms with Gasteiger partial charge >= 0.3 is 0 Å². The lowest BCUT2D eigenvalue weighted by atomic mass is 10.1. The van der Waals surface area contributed by atoms with E-state index in [4.69, 9.17) is 0 Å². The highest BCUT2D eigenvalue weighted by Gasteiger charge is 2.28. The van der Waals surface area contributed by atoms with Crippen LogP contribution in [-0.4, -0.2) is 22.2 Å². The van der Waals surface area contributed by atoms with Gasteiger partial charge in [-0.25, -0.2) is 13.5 Å². The van der Waals surface area contributed by atoms with E-state index in [2.05, 4.69) is 5.10 Å². The molecule has 0 atom stereocenters. The second-order valence-electron chi connectivity index (χ2n) is 5.93. The highest BCUT2D eigenvalue weighted by atomic mass is 19.1. The molecule has 1 amide bonds. The first-order chi connectivity index (χ1) is 12.5. The molecule has 3 aromatic rings. The summed E-state index contributed by atoms with van der Waals surface area (Å²) in [5.41, 5.74) is 1.06.